The molecule has 0 spiro atoms. The number of pyridine rings is 1. The van der Waals surface area contributed by atoms with E-state index in [1.54, 1.807) is 12.4 Å². The molecule has 1 amide bonds. The van der Waals surface area contributed by atoms with Gasteiger partial charge in [0.2, 0.25) is 0 Å². The molecule has 1 aromatic carbocycles. The Morgan fingerprint density at radius 3 is 2.65 bits per heavy atom. The van der Waals surface area contributed by atoms with E-state index in [1.807, 2.05) is 30.3 Å². The van der Waals surface area contributed by atoms with Gasteiger partial charge in [0, 0.05) is 35.1 Å². The van der Waals surface area contributed by atoms with Crippen molar-refractivity contribution in [2.75, 3.05) is 13.1 Å². The quantitative estimate of drug-likeness (QED) is 0.446. The highest BCUT2D eigenvalue weighted by Crippen LogP contribution is 2.37. The van der Waals surface area contributed by atoms with Crippen LogP contribution in [0.25, 0.3) is 22.5 Å². The van der Waals surface area contributed by atoms with Crippen molar-refractivity contribution >= 4 is 11.6 Å². The second-order valence-electron chi connectivity index (χ2n) is 8.01. The van der Waals surface area contributed by atoms with Crippen LogP contribution in [0.3, 0.4) is 0 Å². The minimum absolute atomic E-state index is 0.155. The number of hydrogen-bond acceptors (Lipinski definition) is 6. The first-order valence-electron chi connectivity index (χ1n) is 10.6. The standard InChI is InChI=1S/C24H24N4O3/c29-24(27-18-7-11-26-12-8-18)22-14-20(15-5-9-25-10-6-15)23(31-22)17-1-3-19-16(13-17)2-4-21(19)28-30/h1,3,5-6,9-10,13-14,18,26,30H,2,4,7-8,11-12H2,(H,27,29). The molecule has 2 aromatic heterocycles. The van der Waals surface area contributed by atoms with E-state index in [-0.39, 0.29) is 11.9 Å². The molecule has 0 radical (unpaired) electrons. The summed E-state index contributed by atoms with van der Waals surface area (Å²) < 4.78 is 6.14. The van der Waals surface area contributed by atoms with Crippen molar-refractivity contribution in [1.82, 2.24) is 15.6 Å². The number of fused-ring (bicyclic) bond motifs is 1. The highest BCUT2D eigenvalue weighted by molar-refractivity contribution is 6.04. The van der Waals surface area contributed by atoms with Gasteiger partial charge in [0.05, 0.1) is 5.71 Å². The zero-order chi connectivity index (χ0) is 21.2. The Morgan fingerprint density at radius 2 is 1.87 bits per heavy atom. The number of aryl methyl sites for hydroxylation is 1. The number of carbonyl (C=O) groups excluding carboxylic acids is 1. The largest absolute Gasteiger partial charge is 0.450 e. The fourth-order valence-corrected chi connectivity index (χ4v) is 4.40. The maximum absolute atomic E-state index is 12.9. The maximum Gasteiger partial charge on any atom is 0.287 e. The van der Waals surface area contributed by atoms with E-state index in [0.717, 1.165) is 60.2 Å². The monoisotopic (exact) mass is 416 g/mol. The highest BCUT2D eigenvalue weighted by atomic mass is 16.4. The van der Waals surface area contributed by atoms with Gasteiger partial charge in [-0.15, -0.1) is 0 Å². The molecule has 7 heteroatoms. The number of rotatable bonds is 4. The second-order valence-corrected chi connectivity index (χ2v) is 8.01. The van der Waals surface area contributed by atoms with E-state index >= 15 is 0 Å². The van der Waals surface area contributed by atoms with Gasteiger partial charge in [0.25, 0.3) is 5.91 Å². The smallest absolute Gasteiger partial charge is 0.287 e. The maximum atomic E-state index is 12.9. The van der Waals surface area contributed by atoms with Crippen molar-refractivity contribution in [3.8, 4) is 22.5 Å². The fourth-order valence-electron chi connectivity index (χ4n) is 4.40. The van der Waals surface area contributed by atoms with Crippen LogP contribution in [0.1, 0.15) is 40.9 Å². The summed E-state index contributed by atoms with van der Waals surface area (Å²) >= 11 is 0. The van der Waals surface area contributed by atoms with E-state index in [9.17, 15) is 10.0 Å². The molecule has 31 heavy (non-hydrogen) atoms. The lowest BCUT2D eigenvalue weighted by Crippen LogP contribution is -2.42. The molecular weight excluding hydrogens is 392 g/mol. The summed E-state index contributed by atoms with van der Waals surface area (Å²) in [6, 6.07) is 11.8. The minimum atomic E-state index is -0.190. The number of nitrogens with zero attached hydrogens (tertiary/aromatic N) is 2. The number of oxime groups is 1. The number of amides is 1. The van der Waals surface area contributed by atoms with Crippen LogP contribution in [-0.4, -0.2) is 40.9 Å². The third-order valence-corrected chi connectivity index (χ3v) is 6.05. The lowest BCUT2D eigenvalue weighted by atomic mass is 9.99. The molecule has 0 atom stereocenters. The molecule has 3 heterocycles. The molecule has 5 rings (SSSR count). The van der Waals surface area contributed by atoms with Gasteiger partial charge >= 0.3 is 0 Å². The molecule has 1 aliphatic heterocycles. The Bertz CT molecular complexity index is 1130. The van der Waals surface area contributed by atoms with Gasteiger partial charge < -0.3 is 20.3 Å². The van der Waals surface area contributed by atoms with Crippen LogP contribution < -0.4 is 10.6 Å². The van der Waals surface area contributed by atoms with Crippen LogP contribution >= 0.6 is 0 Å². The van der Waals surface area contributed by atoms with Gasteiger partial charge in [-0.25, -0.2) is 0 Å². The van der Waals surface area contributed by atoms with Crippen LogP contribution in [0.2, 0.25) is 0 Å². The fraction of sp³-hybridized carbons (Fsp3) is 0.292. The predicted octanol–water partition coefficient (Wildman–Crippen LogP) is 3.61. The van der Waals surface area contributed by atoms with E-state index in [1.165, 1.54) is 0 Å². The van der Waals surface area contributed by atoms with Crippen LogP contribution in [0.5, 0.6) is 0 Å². The van der Waals surface area contributed by atoms with E-state index in [0.29, 0.717) is 23.7 Å². The molecule has 0 bridgehead atoms. The third-order valence-electron chi connectivity index (χ3n) is 6.05. The number of aromatic nitrogens is 1. The summed E-state index contributed by atoms with van der Waals surface area (Å²) in [5.74, 6) is 0.765. The predicted molar refractivity (Wildman–Crippen MR) is 117 cm³/mol. The number of nitrogens with one attached hydrogen (secondary N) is 2. The molecule has 1 aliphatic carbocycles. The van der Waals surface area contributed by atoms with Gasteiger partial charge in [-0.2, -0.15) is 0 Å². The summed E-state index contributed by atoms with van der Waals surface area (Å²) in [5, 5.41) is 19.0. The summed E-state index contributed by atoms with van der Waals surface area (Å²) in [6.45, 7) is 1.82. The normalized spacial score (nSPS) is 17.6. The van der Waals surface area contributed by atoms with Gasteiger partial charge in [-0.3, -0.25) is 9.78 Å². The Hall–Kier alpha value is -3.45. The van der Waals surface area contributed by atoms with E-state index in [4.69, 9.17) is 4.42 Å². The average molecular weight is 416 g/mol. The van der Waals surface area contributed by atoms with Crippen LogP contribution in [0, 0.1) is 0 Å². The Morgan fingerprint density at radius 1 is 1.06 bits per heavy atom. The first-order chi connectivity index (χ1) is 15.2. The molecule has 3 aromatic rings. The van der Waals surface area contributed by atoms with Crippen LogP contribution in [0.4, 0.5) is 0 Å². The number of hydrogen-bond donors (Lipinski definition) is 3. The molecule has 3 N–H and O–H groups in total. The lowest BCUT2D eigenvalue weighted by Gasteiger charge is -2.23. The van der Waals surface area contributed by atoms with Gasteiger partial charge in [-0.1, -0.05) is 17.3 Å². The first-order valence-corrected chi connectivity index (χ1v) is 10.6. The Balaban J connectivity index is 1.52. The van der Waals surface area contributed by atoms with Crippen molar-refractivity contribution < 1.29 is 14.4 Å². The van der Waals surface area contributed by atoms with Gasteiger partial charge in [0.1, 0.15) is 5.76 Å². The minimum Gasteiger partial charge on any atom is -0.450 e. The Kier molecular flexibility index (Phi) is 5.26. The summed E-state index contributed by atoms with van der Waals surface area (Å²) in [6.07, 6.45) is 6.82. The average Bonchev–Trinajstić information content (AvgIpc) is 3.44. The third kappa shape index (κ3) is 3.84. The molecular formula is C24H24N4O3. The molecule has 7 nitrogen and oxygen atoms in total. The van der Waals surface area contributed by atoms with Crippen molar-refractivity contribution in [2.45, 2.75) is 31.7 Å². The molecule has 0 unspecified atom stereocenters. The lowest BCUT2D eigenvalue weighted by molar-refractivity contribution is 0.0902. The number of furan rings is 1. The number of carbonyl (C=O) groups is 1. The van der Waals surface area contributed by atoms with E-state index < -0.39 is 0 Å². The van der Waals surface area contributed by atoms with Crippen LogP contribution in [-0.2, 0) is 6.42 Å². The van der Waals surface area contributed by atoms with Crippen molar-refractivity contribution in [1.29, 1.82) is 0 Å². The highest BCUT2D eigenvalue weighted by Gasteiger charge is 2.24. The van der Waals surface area contributed by atoms with Gasteiger partial charge in [0.15, 0.2) is 5.76 Å². The SMILES string of the molecule is O=C(NC1CCNCC1)c1cc(-c2ccncc2)c(-c2ccc3c(c2)CCC3=NO)o1. The number of benzene rings is 1. The second kappa shape index (κ2) is 8.35. The molecule has 1 saturated heterocycles. The van der Waals surface area contributed by atoms with Crippen molar-refractivity contribution in [3.63, 3.8) is 0 Å². The molecule has 1 fully saturated rings. The number of piperidine rings is 1. The summed E-state index contributed by atoms with van der Waals surface area (Å²) in [7, 11) is 0. The van der Waals surface area contributed by atoms with Crippen molar-refractivity contribution in [3.05, 3.63) is 65.7 Å². The van der Waals surface area contributed by atoms with Crippen molar-refractivity contribution in [2.24, 2.45) is 5.16 Å². The first kappa shape index (κ1) is 19.5. The molecule has 2 aliphatic rings. The van der Waals surface area contributed by atoms with Gasteiger partial charge in [-0.05, 0) is 74.2 Å². The molecule has 158 valence electrons. The van der Waals surface area contributed by atoms with E-state index in [2.05, 4.69) is 26.8 Å². The Labute approximate surface area is 180 Å². The molecule has 0 saturated carbocycles. The summed E-state index contributed by atoms with van der Waals surface area (Å²) in [4.78, 5) is 17.0. The summed E-state index contributed by atoms with van der Waals surface area (Å²) in [5.41, 5.74) is 5.47. The van der Waals surface area contributed by atoms with Crippen LogP contribution in [0.15, 0.2) is 58.4 Å². The zero-order valence-corrected chi connectivity index (χ0v) is 17.1. The zero-order valence-electron chi connectivity index (χ0n) is 17.1. The topological polar surface area (TPSA) is 99.8 Å².